The number of ether oxygens (including phenoxy) is 1. The lowest BCUT2D eigenvalue weighted by molar-refractivity contribution is -0.121. The summed E-state index contributed by atoms with van der Waals surface area (Å²) in [7, 11) is 0. The van der Waals surface area contributed by atoms with Gasteiger partial charge in [0.1, 0.15) is 5.92 Å². The van der Waals surface area contributed by atoms with Gasteiger partial charge in [0.2, 0.25) is 5.91 Å². The molecule has 1 amide bonds. The van der Waals surface area contributed by atoms with Crippen molar-refractivity contribution in [2.24, 2.45) is 0 Å². The summed E-state index contributed by atoms with van der Waals surface area (Å²) < 4.78 is 5.36. The molecule has 5 heteroatoms. The standard InChI is InChI=1S/C20H25N3O2/c1-16-6-2-3-7-17(16)19(18-8-4-5-9-21-18)20(24)22-10-11-23-12-14-25-15-13-23/h2-9,19H,10-15H2,1H3,(H,22,24). The zero-order chi connectivity index (χ0) is 17.5. The van der Waals surface area contributed by atoms with Crippen molar-refractivity contribution in [2.75, 3.05) is 39.4 Å². The Kier molecular flexibility index (Phi) is 6.14. The van der Waals surface area contributed by atoms with Gasteiger partial charge in [0.25, 0.3) is 0 Å². The molecule has 0 bridgehead atoms. The molecule has 132 valence electrons. The first-order valence-electron chi connectivity index (χ1n) is 8.80. The van der Waals surface area contributed by atoms with Crippen molar-refractivity contribution in [1.29, 1.82) is 0 Å². The van der Waals surface area contributed by atoms with Crippen LogP contribution < -0.4 is 5.32 Å². The van der Waals surface area contributed by atoms with Crippen molar-refractivity contribution in [3.8, 4) is 0 Å². The topological polar surface area (TPSA) is 54.5 Å². The predicted molar refractivity (Wildman–Crippen MR) is 97.5 cm³/mol. The molecule has 2 aromatic rings. The van der Waals surface area contributed by atoms with Crippen LogP contribution in [-0.4, -0.2) is 55.2 Å². The summed E-state index contributed by atoms with van der Waals surface area (Å²) in [6, 6.07) is 13.7. The average molecular weight is 339 g/mol. The van der Waals surface area contributed by atoms with E-state index in [0.717, 1.165) is 49.7 Å². The number of nitrogens with one attached hydrogen (secondary N) is 1. The van der Waals surface area contributed by atoms with Crippen LogP contribution in [-0.2, 0) is 9.53 Å². The van der Waals surface area contributed by atoms with Crippen LogP contribution in [0.2, 0.25) is 0 Å². The number of rotatable bonds is 6. The van der Waals surface area contributed by atoms with Crippen LogP contribution in [0.3, 0.4) is 0 Å². The maximum atomic E-state index is 12.9. The summed E-state index contributed by atoms with van der Waals surface area (Å²) in [4.78, 5) is 19.7. The first-order valence-corrected chi connectivity index (χ1v) is 8.80. The maximum absolute atomic E-state index is 12.9. The van der Waals surface area contributed by atoms with Gasteiger partial charge in [0, 0.05) is 32.4 Å². The van der Waals surface area contributed by atoms with Crippen molar-refractivity contribution < 1.29 is 9.53 Å². The van der Waals surface area contributed by atoms with Crippen LogP contribution in [0.5, 0.6) is 0 Å². The van der Waals surface area contributed by atoms with Gasteiger partial charge in [-0.2, -0.15) is 0 Å². The third kappa shape index (κ3) is 4.65. The molecule has 1 aromatic carbocycles. The Labute approximate surface area is 149 Å². The Morgan fingerprint density at radius 2 is 1.96 bits per heavy atom. The predicted octanol–water partition coefficient (Wildman–Crippen LogP) is 1.97. The second-order valence-corrected chi connectivity index (χ2v) is 6.29. The van der Waals surface area contributed by atoms with E-state index in [-0.39, 0.29) is 11.8 Å². The number of carbonyl (C=O) groups excluding carboxylic acids is 1. The van der Waals surface area contributed by atoms with Gasteiger partial charge < -0.3 is 10.1 Å². The zero-order valence-electron chi connectivity index (χ0n) is 14.6. The van der Waals surface area contributed by atoms with Crippen LogP contribution in [0.1, 0.15) is 22.7 Å². The van der Waals surface area contributed by atoms with E-state index < -0.39 is 0 Å². The fourth-order valence-corrected chi connectivity index (χ4v) is 3.16. The fourth-order valence-electron chi connectivity index (χ4n) is 3.16. The van der Waals surface area contributed by atoms with E-state index in [1.54, 1.807) is 6.20 Å². The molecule has 1 saturated heterocycles. The van der Waals surface area contributed by atoms with E-state index in [1.807, 2.05) is 49.4 Å². The van der Waals surface area contributed by atoms with Crippen molar-refractivity contribution >= 4 is 5.91 Å². The second-order valence-electron chi connectivity index (χ2n) is 6.29. The molecular formula is C20H25N3O2. The van der Waals surface area contributed by atoms with Gasteiger partial charge in [-0.15, -0.1) is 0 Å². The highest BCUT2D eigenvalue weighted by molar-refractivity contribution is 5.87. The van der Waals surface area contributed by atoms with E-state index in [1.165, 1.54) is 0 Å². The summed E-state index contributed by atoms with van der Waals surface area (Å²) in [6.07, 6.45) is 1.74. The molecule has 1 N–H and O–H groups in total. The quantitative estimate of drug-likeness (QED) is 0.874. The Balaban J connectivity index is 1.70. The Morgan fingerprint density at radius 3 is 2.68 bits per heavy atom. The Bertz CT molecular complexity index is 684. The smallest absolute Gasteiger partial charge is 0.233 e. The lowest BCUT2D eigenvalue weighted by atomic mass is 9.91. The number of amides is 1. The van der Waals surface area contributed by atoms with Crippen LogP contribution in [0.25, 0.3) is 0 Å². The minimum atomic E-state index is -0.382. The highest BCUT2D eigenvalue weighted by Gasteiger charge is 2.25. The summed E-state index contributed by atoms with van der Waals surface area (Å²) >= 11 is 0. The lowest BCUT2D eigenvalue weighted by Gasteiger charge is -2.27. The zero-order valence-corrected chi connectivity index (χ0v) is 14.6. The molecule has 0 saturated carbocycles. The molecule has 1 aliphatic rings. The van der Waals surface area contributed by atoms with Gasteiger partial charge in [-0.25, -0.2) is 0 Å². The van der Waals surface area contributed by atoms with Crippen molar-refractivity contribution in [1.82, 2.24) is 15.2 Å². The molecule has 1 aliphatic heterocycles. The number of hydrogen-bond donors (Lipinski definition) is 1. The minimum Gasteiger partial charge on any atom is -0.379 e. The average Bonchev–Trinajstić information content (AvgIpc) is 2.65. The van der Waals surface area contributed by atoms with Crippen molar-refractivity contribution in [2.45, 2.75) is 12.8 Å². The second kappa shape index (κ2) is 8.74. The molecule has 0 spiro atoms. The van der Waals surface area contributed by atoms with Crippen LogP contribution >= 0.6 is 0 Å². The molecule has 2 heterocycles. The lowest BCUT2D eigenvalue weighted by Crippen LogP contribution is -2.42. The number of hydrogen-bond acceptors (Lipinski definition) is 4. The molecule has 1 aromatic heterocycles. The van der Waals surface area contributed by atoms with E-state index >= 15 is 0 Å². The molecular weight excluding hydrogens is 314 g/mol. The molecule has 1 atom stereocenters. The highest BCUT2D eigenvalue weighted by Crippen LogP contribution is 2.26. The van der Waals surface area contributed by atoms with Gasteiger partial charge >= 0.3 is 0 Å². The minimum absolute atomic E-state index is 0.00117. The first-order chi connectivity index (χ1) is 12.3. The SMILES string of the molecule is Cc1ccccc1C(C(=O)NCCN1CCOCC1)c1ccccn1. The fraction of sp³-hybridized carbons (Fsp3) is 0.400. The molecule has 0 aliphatic carbocycles. The van der Waals surface area contributed by atoms with E-state index in [0.29, 0.717) is 6.54 Å². The number of carbonyl (C=O) groups is 1. The normalized spacial score (nSPS) is 16.4. The number of nitrogens with zero attached hydrogens (tertiary/aromatic N) is 2. The number of aromatic nitrogens is 1. The van der Waals surface area contributed by atoms with Crippen LogP contribution in [0.15, 0.2) is 48.7 Å². The maximum Gasteiger partial charge on any atom is 0.233 e. The van der Waals surface area contributed by atoms with Gasteiger partial charge in [-0.3, -0.25) is 14.7 Å². The summed E-state index contributed by atoms with van der Waals surface area (Å²) in [5.41, 5.74) is 2.88. The van der Waals surface area contributed by atoms with Crippen LogP contribution in [0.4, 0.5) is 0 Å². The van der Waals surface area contributed by atoms with Crippen molar-refractivity contribution in [3.05, 3.63) is 65.5 Å². The molecule has 0 radical (unpaired) electrons. The number of benzene rings is 1. The largest absolute Gasteiger partial charge is 0.379 e. The molecule has 25 heavy (non-hydrogen) atoms. The highest BCUT2D eigenvalue weighted by atomic mass is 16.5. The molecule has 1 fully saturated rings. The Hall–Kier alpha value is -2.24. The van der Waals surface area contributed by atoms with Gasteiger partial charge in [-0.05, 0) is 30.2 Å². The van der Waals surface area contributed by atoms with E-state index in [4.69, 9.17) is 4.74 Å². The third-order valence-corrected chi connectivity index (χ3v) is 4.58. The van der Waals surface area contributed by atoms with Crippen LogP contribution in [0, 0.1) is 6.92 Å². The molecule has 5 nitrogen and oxygen atoms in total. The number of aryl methyl sites for hydroxylation is 1. The van der Waals surface area contributed by atoms with Crippen molar-refractivity contribution in [3.63, 3.8) is 0 Å². The number of pyridine rings is 1. The molecule has 3 rings (SSSR count). The van der Waals surface area contributed by atoms with Gasteiger partial charge in [0.05, 0.1) is 18.9 Å². The summed E-state index contributed by atoms with van der Waals surface area (Å²) in [5, 5.41) is 3.09. The summed E-state index contributed by atoms with van der Waals surface area (Å²) in [5.74, 6) is -0.381. The Morgan fingerprint density at radius 1 is 1.20 bits per heavy atom. The summed E-state index contributed by atoms with van der Waals surface area (Å²) in [6.45, 7) is 6.91. The first kappa shape index (κ1) is 17.6. The van der Waals surface area contributed by atoms with E-state index in [2.05, 4.69) is 15.2 Å². The van der Waals surface area contributed by atoms with Gasteiger partial charge in [0.15, 0.2) is 0 Å². The number of morpholine rings is 1. The van der Waals surface area contributed by atoms with E-state index in [9.17, 15) is 4.79 Å². The molecule has 1 unspecified atom stereocenters. The monoisotopic (exact) mass is 339 g/mol. The third-order valence-electron chi connectivity index (χ3n) is 4.58. The van der Waals surface area contributed by atoms with Gasteiger partial charge in [-0.1, -0.05) is 30.3 Å².